The van der Waals surface area contributed by atoms with E-state index in [1.165, 1.54) is 11.7 Å². The van der Waals surface area contributed by atoms with Gasteiger partial charge in [0.2, 0.25) is 5.91 Å². The highest BCUT2D eigenvalue weighted by Crippen LogP contribution is 2.15. The topological polar surface area (TPSA) is 59.2 Å². The standard InChI is InChI=1S/C12H15N3O2S2/c1-9-11(14-19-13-9)7-18-8-12(16)15(2)6-10-4-3-5-17-10/h3-5H,6-8H2,1-2H3. The number of thioether (sulfide) groups is 1. The number of furan rings is 1. The zero-order valence-corrected chi connectivity index (χ0v) is 12.5. The fraction of sp³-hybridized carbons (Fsp3) is 0.417. The lowest BCUT2D eigenvalue weighted by Gasteiger charge is -2.15. The Morgan fingerprint density at radius 3 is 3.00 bits per heavy atom. The third-order valence-electron chi connectivity index (χ3n) is 2.61. The summed E-state index contributed by atoms with van der Waals surface area (Å²) in [4.78, 5) is 13.6. The molecular weight excluding hydrogens is 282 g/mol. The number of hydrogen-bond donors (Lipinski definition) is 0. The summed E-state index contributed by atoms with van der Waals surface area (Å²) in [6.45, 7) is 2.44. The second-order valence-electron chi connectivity index (χ2n) is 4.12. The minimum Gasteiger partial charge on any atom is -0.467 e. The van der Waals surface area contributed by atoms with Crippen LogP contribution in [0.1, 0.15) is 17.1 Å². The van der Waals surface area contributed by atoms with Crippen LogP contribution in [0.15, 0.2) is 22.8 Å². The Morgan fingerprint density at radius 1 is 1.53 bits per heavy atom. The molecule has 0 fully saturated rings. The van der Waals surface area contributed by atoms with Gasteiger partial charge in [-0.15, -0.1) is 11.8 Å². The Balaban J connectivity index is 1.73. The third kappa shape index (κ3) is 4.07. The third-order valence-corrected chi connectivity index (χ3v) is 4.20. The predicted octanol–water partition coefficient (Wildman–Crippen LogP) is 2.33. The van der Waals surface area contributed by atoms with E-state index in [9.17, 15) is 4.79 Å². The van der Waals surface area contributed by atoms with E-state index in [1.807, 2.05) is 19.1 Å². The highest BCUT2D eigenvalue weighted by atomic mass is 32.2. The summed E-state index contributed by atoms with van der Waals surface area (Å²) >= 11 is 2.77. The van der Waals surface area contributed by atoms with Crippen molar-refractivity contribution in [2.75, 3.05) is 12.8 Å². The largest absolute Gasteiger partial charge is 0.467 e. The maximum absolute atomic E-state index is 11.9. The number of carbonyl (C=O) groups is 1. The Labute approximate surface area is 120 Å². The first kappa shape index (κ1) is 14.1. The van der Waals surface area contributed by atoms with Crippen molar-refractivity contribution < 1.29 is 9.21 Å². The van der Waals surface area contributed by atoms with Crippen molar-refractivity contribution in [2.24, 2.45) is 0 Å². The molecule has 2 aromatic rings. The molecule has 5 nitrogen and oxygen atoms in total. The van der Waals surface area contributed by atoms with Gasteiger partial charge in [0.05, 0.1) is 41.7 Å². The van der Waals surface area contributed by atoms with Crippen LogP contribution in [0.4, 0.5) is 0 Å². The van der Waals surface area contributed by atoms with Crippen LogP contribution < -0.4 is 0 Å². The molecule has 1 amide bonds. The van der Waals surface area contributed by atoms with Gasteiger partial charge in [-0.2, -0.15) is 8.75 Å². The van der Waals surface area contributed by atoms with Gasteiger partial charge in [-0.1, -0.05) is 0 Å². The molecule has 0 saturated heterocycles. The average molecular weight is 297 g/mol. The van der Waals surface area contributed by atoms with Crippen LogP contribution >= 0.6 is 23.5 Å². The molecule has 19 heavy (non-hydrogen) atoms. The number of nitrogens with zero attached hydrogens (tertiary/aromatic N) is 3. The van der Waals surface area contributed by atoms with Crippen molar-refractivity contribution >= 4 is 29.4 Å². The minimum atomic E-state index is 0.0854. The van der Waals surface area contributed by atoms with Crippen LogP contribution in [0.25, 0.3) is 0 Å². The zero-order chi connectivity index (χ0) is 13.7. The molecule has 0 spiro atoms. The van der Waals surface area contributed by atoms with Crippen LogP contribution in [0.2, 0.25) is 0 Å². The smallest absolute Gasteiger partial charge is 0.232 e. The number of aryl methyl sites for hydroxylation is 1. The second-order valence-corrected chi connectivity index (χ2v) is 5.63. The molecule has 0 atom stereocenters. The summed E-state index contributed by atoms with van der Waals surface area (Å²) in [6, 6.07) is 3.68. The molecule has 0 aliphatic rings. The highest BCUT2D eigenvalue weighted by molar-refractivity contribution is 7.99. The second kappa shape index (κ2) is 6.72. The Morgan fingerprint density at radius 2 is 2.37 bits per heavy atom. The average Bonchev–Trinajstić information content (AvgIpc) is 3.02. The van der Waals surface area contributed by atoms with Crippen molar-refractivity contribution in [3.05, 3.63) is 35.5 Å². The van der Waals surface area contributed by atoms with E-state index in [2.05, 4.69) is 8.75 Å². The summed E-state index contributed by atoms with van der Waals surface area (Å²) in [7, 11) is 1.78. The Bertz CT molecular complexity index is 525. The van der Waals surface area contributed by atoms with Crippen LogP contribution in [0.5, 0.6) is 0 Å². The van der Waals surface area contributed by atoms with Crippen LogP contribution in [0, 0.1) is 6.92 Å². The molecule has 2 rings (SSSR count). The Hall–Kier alpha value is -1.34. The fourth-order valence-electron chi connectivity index (χ4n) is 1.45. The molecular formula is C12H15N3O2S2. The summed E-state index contributed by atoms with van der Waals surface area (Å²) < 4.78 is 13.5. The van der Waals surface area contributed by atoms with E-state index < -0.39 is 0 Å². The van der Waals surface area contributed by atoms with Gasteiger partial charge in [0.15, 0.2) is 0 Å². The first-order valence-corrected chi connectivity index (χ1v) is 7.67. The molecule has 0 N–H and O–H groups in total. The van der Waals surface area contributed by atoms with Crippen LogP contribution in [-0.4, -0.2) is 32.4 Å². The van der Waals surface area contributed by atoms with E-state index in [4.69, 9.17) is 4.42 Å². The molecule has 0 unspecified atom stereocenters. The van der Waals surface area contributed by atoms with Gasteiger partial charge in [0.1, 0.15) is 5.76 Å². The number of rotatable bonds is 6. The van der Waals surface area contributed by atoms with Crippen LogP contribution in [0.3, 0.4) is 0 Å². The van der Waals surface area contributed by atoms with E-state index in [0.717, 1.165) is 22.9 Å². The maximum Gasteiger partial charge on any atom is 0.232 e. The molecule has 0 aliphatic heterocycles. The molecule has 102 valence electrons. The van der Waals surface area contributed by atoms with Gasteiger partial charge >= 0.3 is 0 Å². The number of hydrogen-bond acceptors (Lipinski definition) is 6. The monoisotopic (exact) mass is 297 g/mol. The van der Waals surface area contributed by atoms with E-state index in [1.54, 1.807) is 30.0 Å². The van der Waals surface area contributed by atoms with E-state index in [-0.39, 0.29) is 5.91 Å². The highest BCUT2D eigenvalue weighted by Gasteiger charge is 2.11. The van der Waals surface area contributed by atoms with E-state index >= 15 is 0 Å². The SMILES string of the molecule is Cc1nsnc1CSCC(=O)N(C)Cc1ccco1. The van der Waals surface area contributed by atoms with Gasteiger partial charge < -0.3 is 9.32 Å². The predicted molar refractivity (Wildman–Crippen MR) is 76.0 cm³/mol. The summed E-state index contributed by atoms with van der Waals surface area (Å²) in [5.74, 6) is 2.04. The molecule has 7 heteroatoms. The normalized spacial score (nSPS) is 10.6. The van der Waals surface area contributed by atoms with E-state index in [0.29, 0.717) is 12.3 Å². The van der Waals surface area contributed by atoms with Gasteiger partial charge in [-0.05, 0) is 19.1 Å². The zero-order valence-electron chi connectivity index (χ0n) is 10.8. The van der Waals surface area contributed by atoms with Gasteiger partial charge in [-0.25, -0.2) is 0 Å². The minimum absolute atomic E-state index is 0.0854. The number of aromatic nitrogens is 2. The number of amides is 1. The van der Waals surface area contributed by atoms with Crippen molar-refractivity contribution in [1.29, 1.82) is 0 Å². The van der Waals surface area contributed by atoms with Crippen molar-refractivity contribution in [2.45, 2.75) is 19.2 Å². The Kier molecular flexibility index (Phi) is 4.98. The maximum atomic E-state index is 11.9. The van der Waals surface area contributed by atoms with Crippen molar-refractivity contribution in [1.82, 2.24) is 13.6 Å². The van der Waals surface area contributed by atoms with Gasteiger partial charge in [0, 0.05) is 12.8 Å². The first-order valence-electron chi connectivity index (χ1n) is 5.79. The molecule has 0 aliphatic carbocycles. The van der Waals surface area contributed by atoms with Gasteiger partial charge in [-0.3, -0.25) is 4.79 Å². The quantitative estimate of drug-likeness (QED) is 0.819. The lowest BCUT2D eigenvalue weighted by atomic mass is 10.4. The molecule has 2 aromatic heterocycles. The van der Waals surface area contributed by atoms with Crippen molar-refractivity contribution in [3.63, 3.8) is 0 Å². The molecule has 0 radical (unpaired) electrons. The van der Waals surface area contributed by atoms with Crippen LogP contribution in [-0.2, 0) is 17.1 Å². The first-order chi connectivity index (χ1) is 9.16. The summed E-state index contributed by atoms with van der Waals surface area (Å²) in [6.07, 6.45) is 1.61. The lowest BCUT2D eigenvalue weighted by molar-refractivity contribution is -0.127. The lowest BCUT2D eigenvalue weighted by Crippen LogP contribution is -2.27. The van der Waals surface area contributed by atoms with Crippen molar-refractivity contribution in [3.8, 4) is 0 Å². The molecule has 2 heterocycles. The van der Waals surface area contributed by atoms with Gasteiger partial charge in [0.25, 0.3) is 0 Å². The molecule has 0 aromatic carbocycles. The summed E-state index contributed by atoms with van der Waals surface area (Å²) in [5.41, 5.74) is 1.92. The molecule has 0 saturated carbocycles. The number of carbonyl (C=O) groups excluding carboxylic acids is 1. The summed E-state index contributed by atoms with van der Waals surface area (Å²) in [5, 5.41) is 0. The molecule has 0 bridgehead atoms. The fourth-order valence-corrected chi connectivity index (χ4v) is 3.06.